The van der Waals surface area contributed by atoms with Gasteiger partial charge in [-0.15, -0.1) is 0 Å². The number of rotatable bonds is 5. The van der Waals surface area contributed by atoms with Gasteiger partial charge in [-0.05, 0) is 51.8 Å². The van der Waals surface area contributed by atoms with Gasteiger partial charge in [-0.2, -0.15) is 0 Å². The van der Waals surface area contributed by atoms with Crippen molar-refractivity contribution in [2.75, 3.05) is 6.54 Å². The molecule has 3 heteroatoms. The number of hydrogen-bond donors (Lipinski definition) is 3. The molecule has 0 saturated carbocycles. The first-order valence-corrected chi connectivity index (χ1v) is 8.08. The molecule has 0 spiro atoms. The Bertz CT molecular complexity index is 655. The van der Waals surface area contributed by atoms with Crippen LogP contribution in [0.1, 0.15) is 43.0 Å². The van der Waals surface area contributed by atoms with Gasteiger partial charge in [0.1, 0.15) is 0 Å². The Balaban J connectivity index is 2.51. The van der Waals surface area contributed by atoms with E-state index in [0.717, 1.165) is 27.8 Å². The van der Waals surface area contributed by atoms with E-state index in [1.54, 1.807) is 0 Å². The zero-order chi connectivity index (χ0) is 17.0. The molecule has 0 amide bonds. The highest BCUT2D eigenvalue weighted by molar-refractivity contribution is 5.70. The zero-order valence-corrected chi connectivity index (χ0v) is 14.3. The summed E-state index contributed by atoms with van der Waals surface area (Å²) in [5, 5.41) is 19.6. The number of aliphatic hydroxyl groups excluding tert-OH is 2. The van der Waals surface area contributed by atoms with Crippen molar-refractivity contribution in [3.63, 3.8) is 0 Å². The maximum atomic E-state index is 9.83. The fourth-order valence-corrected chi connectivity index (χ4v) is 2.93. The van der Waals surface area contributed by atoms with Gasteiger partial charge in [-0.1, -0.05) is 57.2 Å². The highest BCUT2D eigenvalue weighted by Gasteiger charge is 2.16. The Morgan fingerprint density at radius 3 is 1.96 bits per heavy atom. The van der Waals surface area contributed by atoms with Crippen LogP contribution in [0.5, 0.6) is 0 Å². The lowest BCUT2D eigenvalue weighted by Crippen LogP contribution is -2.11. The van der Waals surface area contributed by atoms with E-state index in [0.29, 0.717) is 13.0 Å². The predicted octanol–water partition coefficient (Wildman–Crippen LogP) is 3.14. The normalized spacial score (nSPS) is 11.7. The molecule has 23 heavy (non-hydrogen) atoms. The van der Waals surface area contributed by atoms with Crippen molar-refractivity contribution < 1.29 is 10.2 Å². The molecule has 0 atom stereocenters. The average molecular weight is 313 g/mol. The van der Waals surface area contributed by atoms with Crippen molar-refractivity contribution in [3.8, 4) is 11.1 Å². The third-order valence-electron chi connectivity index (χ3n) is 4.32. The van der Waals surface area contributed by atoms with E-state index in [9.17, 15) is 10.2 Å². The molecule has 0 aliphatic carbocycles. The lowest BCUT2D eigenvalue weighted by molar-refractivity contribution is 0.259. The van der Waals surface area contributed by atoms with Gasteiger partial charge in [0.15, 0.2) is 0 Å². The monoisotopic (exact) mass is 313 g/mol. The third-order valence-corrected chi connectivity index (χ3v) is 4.32. The van der Waals surface area contributed by atoms with Gasteiger partial charge in [-0.25, -0.2) is 0 Å². The Hall–Kier alpha value is -1.68. The lowest BCUT2D eigenvalue weighted by Gasteiger charge is -2.20. The molecule has 2 aromatic carbocycles. The van der Waals surface area contributed by atoms with E-state index in [2.05, 4.69) is 45.0 Å². The van der Waals surface area contributed by atoms with Crippen LogP contribution in [-0.4, -0.2) is 16.8 Å². The Morgan fingerprint density at radius 2 is 1.48 bits per heavy atom. The van der Waals surface area contributed by atoms with E-state index in [-0.39, 0.29) is 18.6 Å². The van der Waals surface area contributed by atoms with Crippen molar-refractivity contribution >= 4 is 0 Å². The first-order chi connectivity index (χ1) is 10.9. The van der Waals surface area contributed by atoms with Crippen molar-refractivity contribution in [1.29, 1.82) is 0 Å². The second kappa shape index (κ2) is 7.26. The summed E-state index contributed by atoms with van der Waals surface area (Å²) >= 11 is 0. The molecular formula is C20H27NO2. The van der Waals surface area contributed by atoms with Crippen LogP contribution in [0.4, 0.5) is 0 Å². The summed E-state index contributed by atoms with van der Waals surface area (Å²) in [4.78, 5) is 0. The maximum absolute atomic E-state index is 9.83. The average Bonchev–Trinajstić information content (AvgIpc) is 2.53. The molecule has 0 bridgehead atoms. The Kier molecular flexibility index (Phi) is 5.58. The van der Waals surface area contributed by atoms with Crippen LogP contribution in [0.25, 0.3) is 11.1 Å². The van der Waals surface area contributed by atoms with Gasteiger partial charge in [0.05, 0.1) is 13.2 Å². The minimum absolute atomic E-state index is 0.0842. The van der Waals surface area contributed by atoms with Crippen molar-refractivity contribution in [2.24, 2.45) is 5.73 Å². The molecule has 0 heterocycles. The van der Waals surface area contributed by atoms with E-state index < -0.39 is 0 Å². The minimum Gasteiger partial charge on any atom is -0.392 e. The summed E-state index contributed by atoms with van der Waals surface area (Å²) in [6, 6.07) is 12.4. The summed E-state index contributed by atoms with van der Waals surface area (Å²) in [5.74, 6) is 0. The first-order valence-electron chi connectivity index (χ1n) is 8.08. The van der Waals surface area contributed by atoms with E-state index in [1.165, 1.54) is 5.56 Å². The van der Waals surface area contributed by atoms with Gasteiger partial charge < -0.3 is 15.9 Å². The van der Waals surface area contributed by atoms with E-state index in [1.807, 2.05) is 12.1 Å². The zero-order valence-electron chi connectivity index (χ0n) is 14.3. The molecule has 0 saturated heterocycles. The van der Waals surface area contributed by atoms with Crippen LogP contribution in [-0.2, 0) is 25.0 Å². The summed E-state index contributed by atoms with van der Waals surface area (Å²) in [6.45, 7) is 6.91. The molecule has 4 N–H and O–H groups in total. The van der Waals surface area contributed by atoms with Crippen molar-refractivity contribution in [2.45, 2.75) is 45.8 Å². The Morgan fingerprint density at radius 1 is 0.870 bits per heavy atom. The maximum Gasteiger partial charge on any atom is 0.0691 e. The van der Waals surface area contributed by atoms with E-state index >= 15 is 0 Å². The smallest absolute Gasteiger partial charge is 0.0691 e. The standard InChI is InChI=1S/C20H27NO2/c1-20(2,3)16-7-4-14(5-8-16)17-9-6-15(10-11-21)18(12-22)19(17)13-23/h4-9,22-23H,10-13,21H2,1-3H3. The molecule has 124 valence electrons. The van der Waals surface area contributed by atoms with E-state index in [4.69, 9.17) is 5.73 Å². The molecule has 0 radical (unpaired) electrons. The Labute approximate surface area is 138 Å². The van der Waals surface area contributed by atoms with Gasteiger partial charge in [0, 0.05) is 0 Å². The molecule has 2 aromatic rings. The van der Waals surface area contributed by atoms with Crippen LogP contribution in [0.15, 0.2) is 36.4 Å². The number of benzene rings is 2. The van der Waals surface area contributed by atoms with Crippen LogP contribution >= 0.6 is 0 Å². The van der Waals surface area contributed by atoms with Gasteiger partial charge >= 0.3 is 0 Å². The molecule has 0 aromatic heterocycles. The van der Waals surface area contributed by atoms with Crippen LogP contribution in [0, 0.1) is 0 Å². The van der Waals surface area contributed by atoms with Gasteiger partial charge in [-0.3, -0.25) is 0 Å². The summed E-state index contributed by atoms with van der Waals surface area (Å²) in [6.07, 6.45) is 0.701. The van der Waals surface area contributed by atoms with Crippen molar-refractivity contribution in [3.05, 3.63) is 58.7 Å². The molecule has 3 nitrogen and oxygen atoms in total. The largest absolute Gasteiger partial charge is 0.392 e. The van der Waals surface area contributed by atoms with Crippen molar-refractivity contribution in [1.82, 2.24) is 0 Å². The second-order valence-corrected chi connectivity index (χ2v) is 6.91. The fourth-order valence-electron chi connectivity index (χ4n) is 2.93. The van der Waals surface area contributed by atoms with Gasteiger partial charge in [0.25, 0.3) is 0 Å². The van der Waals surface area contributed by atoms with Crippen LogP contribution < -0.4 is 5.73 Å². The first kappa shape index (κ1) is 17.7. The highest BCUT2D eigenvalue weighted by atomic mass is 16.3. The highest BCUT2D eigenvalue weighted by Crippen LogP contribution is 2.31. The quantitative estimate of drug-likeness (QED) is 0.794. The number of hydrogen-bond acceptors (Lipinski definition) is 3. The second-order valence-electron chi connectivity index (χ2n) is 6.91. The summed E-state index contributed by atoms with van der Waals surface area (Å²) < 4.78 is 0. The lowest BCUT2D eigenvalue weighted by atomic mass is 9.85. The molecule has 0 fully saturated rings. The summed E-state index contributed by atoms with van der Waals surface area (Å²) in [7, 11) is 0. The number of nitrogens with two attached hydrogens (primary N) is 1. The summed E-state index contributed by atoms with van der Waals surface area (Å²) in [5.41, 5.74) is 11.6. The topological polar surface area (TPSA) is 66.5 Å². The van der Waals surface area contributed by atoms with Gasteiger partial charge in [0.2, 0.25) is 0 Å². The minimum atomic E-state index is -0.0926. The number of aliphatic hydroxyl groups is 2. The molecule has 0 unspecified atom stereocenters. The molecular weight excluding hydrogens is 286 g/mol. The fraction of sp³-hybridized carbons (Fsp3) is 0.400. The molecule has 0 aliphatic rings. The van der Waals surface area contributed by atoms with Crippen LogP contribution in [0.3, 0.4) is 0 Å². The molecule has 2 rings (SSSR count). The predicted molar refractivity (Wildman–Crippen MR) is 95.2 cm³/mol. The SMILES string of the molecule is CC(C)(C)c1ccc(-c2ccc(CCN)c(CO)c2CO)cc1. The molecule has 0 aliphatic heterocycles. The van der Waals surface area contributed by atoms with Crippen LogP contribution in [0.2, 0.25) is 0 Å². The third kappa shape index (κ3) is 3.81.